The number of benzene rings is 2. The lowest BCUT2D eigenvalue weighted by Gasteiger charge is -2.19. The summed E-state index contributed by atoms with van der Waals surface area (Å²) in [7, 11) is 0. The van der Waals surface area contributed by atoms with Crippen molar-refractivity contribution in [3.05, 3.63) is 82.3 Å². The molecule has 146 valence electrons. The maximum atomic E-state index is 14.3. The van der Waals surface area contributed by atoms with Crippen LogP contribution in [0.2, 0.25) is 5.02 Å². The van der Waals surface area contributed by atoms with Crippen molar-refractivity contribution in [1.29, 1.82) is 0 Å². The lowest BCUT2D eigenvalue weighted by Crippen LogP contribution is -2.17. The molecule has 1 N–H and O–H groups in total. The number of aromatic nitrogens is 2. The van der Waals surface area contributed by atoms with Crippen molar-refractivity contribution in [2.24, 2.45) is 0 Å². The quantitative estimate of drug-likeness (QED) is 0.588. The van der Waals surface area contributed by atoms with Crippen LogP contribution in [0.4, 0.5) is 19.0 Å². The van der Waals surface area contributed by atoms with Crippen molar-refractivity contribution < 1.29 is 18.0 Å². The Morgan fingerprint density at radius 1 is 1.21 bits per heavy atom. The summed E-state index contributed by atoms with van der Waals surface area (Å²) in [5.74, 6) is -4.12. The Morgan fingerprint density at radius 2 is 1.96 bits per heavy atom. The van der Waals surface area contributed by atoms with Crippen LogP contribution in [0.1, 0.15) is 34.8 Å². The third-order valence-electron chi connectivity index (χ3n) is 4.24. The Kier molecular flexibility index (Phi) is 5.74. The largest absolute Gasteiger partial charge is 0.305 e. The van der Waals surface area contributed by atoms with Crippen molar-refractivity contribution in [3.8, 4) is 0 Å². The average molecular weight is 408 g/mol. The lowest BCUT2D eigenvalue weighted by atomic mass is 9.99. The molecule has 0 atom stereocenters. The van der Waals surface area contributed by atoms with E-state index in [-0.39, 0.29) is 34.9 Å². The number of rotatable bonds is 6. The molecule has 0 fully saturated rings. The van der Waals surface area contributed by atoms with E-state index in [9.17, 15) is 18.0 Å². The SMILES string of the molecule is CCC(F)(F)c1cc(Cl)ccc1Cn1ccc(NC(=O)c2ccccc2F)n1. The zero-order valence-corrected chi connectivity index (χ0v) is 15.7. The van der Waals surface area contributed by atoms with Crippen LogP contribution in [-0.2, 0) is 12.5 Å². The minimum atomic E-state index is -3.02. The minimum Gasteiger partial charge on any atom is -0.305 e. The van der Waals surface area contributed by atoms with Gasteiger partial charge in [-0.3, -0.25) is 9.48 Å². The van der Waals surface area contributed by atoms with E-state index in [1.807, 2.05) is 0 Å². The van der Waals surface area contributed by atoms with Gasteiger partial charge in [0, 0.05) is 29.3 Å². The molecule has 28 heavy (non-hydrogen) atoms. The molecule has 0 bridgehead atoms. The number of nitrogens with one attached hydrogen (secondary N) is 1. The Labute approximate surface area is 164 Å². The summed E-state index contributed by atoms with van der Waals surface area (Å²) < 4.78 is 43.6. The molecule has 0 spiro atoms. The molecule has 4 nitrogen and oxygen atoms in total. The second-order valence-corrected chi connectivity index (χ2v) is 6.63. The van der Waals surface area contributed by atoms with Crippen molar-refractivity contribution in [2.45, 2.75) is 25.8 Å². The first-order valence-corrected chi connectivity index (χ1v) is 8.94. The topological polar surface area (TPSA) is 46.9 Å². The first-order valence-electron chi connectivity index (χ1n) is 8.56. The second-order valence-electron chi connectivity index (χ2n) is 6.19. The van der Waals surface area contributed by atoms with E-state index in [2.05, 4.69) is 10.4 Å². The van der Waals surface area contributed by atoms with Crippen LogP contribution in [0, 0.1) is 5.82 Å². The molecular formula is C20H17ClF3N3O. The van der Waals surface area contributed by atoms with Crippen molar-refractivity contribution in [2.75, 3.05) is 5.32 Å². The number of amides is 1. The molecule has 1 aromatic heterocycles. The van der Waals surface area contributed by atoms with E-state index < -0.39 is 17.6 Å². The Hall–Kier alpha value is -2.80. The fourth-order valence-corrected chi connectivity index (χ4v) is 2.91. The van der Waals surface area contributed by atoms with Gasteiger partial charge in [-0.25, -0.2) is 13.2 Å². The van der Waals surface area contributed by atoms with Gasteiger partial charge >= 0.3 is 0 Å². The molecule has 0 radical (unpaired) electrons. The van der Waals surface area contributed by atoms with E-state index in [0.717, 1.165) is 0 Å². The third-order valence-corrected chi connectivity index (χ3v) is 4.48. The van der Waals surface area contributed by atoms with Crippen LogP contribution in [0.5, 0.6) is 0 Å². The van der Waals surface area contributed by atoms with Gasteiger partial charge in [-0.2, -0.15) is 5.10 Å². The number of anilines is 1. The zero-order chi connectivity index (χ0) is 20.3. The van der Waals surface area contributed by atoms with E-state index in [4.69, 9.17) is 11.6 Å². The molecule has 2 aromatic carbocycles. The first-order chi connectivity index (χ1) is 13.3. The lowest BCUT2D eigenvalue weighted by molar-refractivity contribution is -0.00924. The molecular weight excluding hydrogens is 391 g/mol. The molecule has 0 aliphatic heterocycles. The third kappa shape index (κ3) is 4.36. The fraction of sp³-hybridized carbons (Fsp3) is 0.200. The van der Waals surface area contributed by atoms with Gasteiger partial charge in [0.15, 0.2) is 5.82 Å². The molecule has 3 rings (SSSR count). The van der Waals surface area contributed by atoms with Crippen molar-refractivity contribution >= 4 is 23.3 Å². The van der Waals surface area contributed by atoms with Crippen molar-refractivity contribution in [1.82, 2.24) is 9.78 Å². The molecule has 8 heteroatoms. The average Bonchev–Trinajstić information content (AvgIpc) is 3.10. The second kappa shape index (κ2) is 8.06. The van der Waals surface area contributed by atoms with Gasteiger partial charge in [0.25, 0.3) is 11.8 Å². The van der Waals surface area contributed by atoms with Gasteiger partial charge in [-0.05, 0) is 29.8 Å². The first kappa shape index (κ1) is 19.9. The Balaban J connectivity index is 1.79. The van der Waals surface area contributed by atoms with Crippen LogP contribution < -0.4 is 5.32 Å². The monoisotopic (exact) mass is 407 g/mol. The minimum absolute atomic E-state index is 0.0671. The smallest absolute Gasteiger partial charge is 0.273 e. The van der Waals surface area contributed by atoms with Crippen molar-refractivity contribution in [3.63, 3.8) is 0 Å². The van der Waals surface area contributed by atoms with Gasteiger partial charge in [0.05, 0.1) is 12.1 Å². The summed E-state index contributed by atoms with van der Waals surface area (Å²) in [6, 6.07) is 11.4. The summed E-state index contributed by atoms with van der Waals surface area (Å²) in [5.41, 5.74) is 0.0981. The standard InChI is InChI=1S/C20H17ClF3N3O/c1-2-20(23,24)16-11-14(21)8-7-13(16)12-27-10-9-18(26-27)25-19(28)15-5-3-4-6-17(15)22/h3-11H,2,12H2,1H3,(H,25,26,28). The summed E-state index contributed by atoms with van der Waals surface area (Å²) >= 11 is 5.88. The molecule has 3 aromatic rings. The molecule has 0 saturated carbocycles. The van der Waals surface area contributed by atoms with E-state index in [1.54, 1.807) is 12.3 Å². The molecule has 0 aliphatic rings. The maximum absolute atomic E-state index is 14.3. The van der Waals surface area contributed by atoms with Crippen LogP contribution in [-0.4, -0.2) is 15.7 Å². The predicted molar refractivity (Wildman–Crippen MR) is 101 cm³/mol. The van der Waals surface area contributed by atoms with Gasteiger partial charge < -0.3 is 5.32 Å². The van der Waals surface area contributed by atoms with E-state index >= 15 is 0 Å². The summed E-state index contributed by atoms with van der Waals surface area (Å²) in [6.07, 6.45) is 1.18. The Bertz CT molecular complexity index is 1000. The highest BCUT2D eigenvalue weighted by molar-refractivity contribution is 6.30. The summed E-state index contributed by atoms with van der Waals surface area (Å²) in [6.45, 7) is 1.46. The van der Waals surface area contributed by atoms with Gasteiger partial charge in [-0.15, -0.1) is 0 Å². The van der Waals surface area contributed by atoms with E-state index in [1.165, 1.54) is 54.1 Å². The Morgan fingerprint density at radius 3 is 2.68 bits per heavy atom. The molecule has 0 saturated heterocycles. The number of alkyl halides is 2. The predicted octanol–water partition coefficient (Wildman–Crippen LogP) is 5.48. The number of carbonyl (C=O) groups excluding carboxylic acids is 1. The zero-order valence-electron chi connectivity index (χ0n) is 14.9. The number of hydrogen-bond donors (Lipinski definition) is 1. The number of halogens is 4. The molecule has 1 amide bonds. The van der Waals surface area contributed by atoms with Gasteiger partial charge in [0.2, 0.25) is 0 Å². The fourth-order valence-electron chi connectivity index (χ4n) is 2.74. The number of hydrogen-bond acceptors (Lipinski definition) is 2. The van der Waals surface area contributed by atoms with E-state index in [0.29, 0.717) is 5.56 Å². The molecule has 1 heterocycles. The summed E-state index contributed by atoms with van der Waals surface area (Å²) in [5, 5.41) is 6.87. The van der Waals surface area contributed by atoms with Crippen LogP contribution in [0.25, 0.3) is 0 Å². The highest BCUT2D eigenvalue weighted by atomic mass is 35.5. The highest BCUT2D eigenvalue weighted by Gasteiger charge is 2.32. The van der Waals surface area contributed by atoms with Gasteiger partial charge in [-0.1, -0.05) is 36.7 Å². The number of carbonyl (C=O) groups is 1. The number of nitrogens with zero attached hydrogens (tertiary/aromatic N) is 2. The van der Waals surface area contributed by atoms with Gasteiger partial charge in [0.1, 0.15) is 5.82 Å². The highest BCUT2D eigenvalue weighted by Crippen LogP contribution is 2.35. The normalized spacial score (nSPS) is 11.5. The maximum Gasteiger partial charge on any atom is 0.273 e. The van der Waals surface area contributed by atoms with Crippen LogP contribution in [0.15, 0.2) is 54.7 Å². The molecule has 0 unspecified atom stereocenters. The molecule has 0 aliphatic carbocycles. The van der Waals surface area contributed by atoms with Crippen LogP contribution >= 0.6 is 11.6 Å². The summed E-state index contributed by atoms with van der Waals surface area (Å²) in [4.78, 5) is 12.2. The van der Waals surface area contributed by atoms with Crippen LogP contribution in [0.3, 0.4) is 0 Å².